The van der Waals surface area contributed by atoms with Gasteiger partial charge >= 0.3 is 0 Å². The second-order valence-corrected chi connectivity index (χ2v) is 1.78. The number of nitrogens with one attached hydrogen (secondary N) is 1. The number of rotatable bonds is 2. The van der Waals surface area contributed by atoms with E-state index in [-0.39, 0.29) is 5.91 Å². The van der Waals surface area contributed by atoms with Crippen molar-refractivity contribution in [2.24, 2.45) is 5.16 Å². The highest BCUT2D eigenvalue weighted by atomic mass is 16.6. The lowest BCUT2D eigenvalue weighted by Gasteiger charge is -1.98. The van der Waals surface area contributed by atoms with Gasteiger partial charge in [0.1, 0.15) is 12.4 Å². The minimum Gasteiger partial charge on any atom is -0.395 e. The molecule has 0 fully saturated rings. The molecule has 0 saturated carbocycles. The highest BCUT2D eigenvalue weighted by molar-refractivity contribution is 5.95. The maximum Gasteiger partial charge on any atom is 0.222 e. The van der Waals surface area contributed by atoms with Gasteiger partial charge in [-0.1, -0.05) is 5.16 Å². The topological polar surface area (TPSA) is 50.7 Å². The quantitative estimate of drug-likeness (QED) is 0.348. The Labute approximate surface area is 60.2 Å². The van der Waals surface area contributed by atoms with E-state index < -0.39 is 0 Å². The van der Waals surface area contributed by atoms with Crippen LogP contribution in [0.25, 0.3) is 0 Å². The van der Waals surface area contributed by atoms with Crippen molar-refractivity contribution in [2.75, 3.05) is 6.61 Å². The van der Waals surface area contributed by atoms with E-state index in [1.807, 2.05) is 6.92 Å². The van der Waals surface area contributed by atoms with Crippen LogP contribution in [0.2, 0.25) is 0 Å². The van der Waals surface area contributed by atoms with Crippen molar-refractivity contribution < 1.29 is 9.63 Å². The van der Waals surface area contributed by atoms with Crippen LogP contribution in [-0.4, -0.2) is 18.3 Å². The van der Waals surface area contributed by atoms with Crippen LogP contribution in [0.3, 0.4) is 0 Å². The normalized spacial score (nSPS) is 10.9. The van der Waals surface area contributed by atoms with E-state index in [0.29, 0.717) is 12.4 Å². The average Bonchev–Trinajstić information content (AvgIpc) is 1.82. The zero-order chi connectivity index (χ0) is 7.98. The average molecular weight is 144 g/mol. The van der Waals surface area contributed by atoms with Gasteiger partial charge in [-0.2, -0.15) is 0 Å². The third-order valence-corrected chi connectivity index (χ3v) is 0.688. The van der Waals surface area contributed by atoms with Crippen molar-refractivity contribution in [3.8, 4) is 0 Å². The Morgan fingerprint density at radius 1 is 1.60 bits per heavy atom. The minimum absolute atomic E-state index is 0.138. The van der Waals surface area contributed by atoms with Gasteiger partial charge < -0.3 is 10.2 Å². The third-order valence-electron chi connectivity index (χ3n) is 0.688. The molecule has 1 amide bonds. The number of nitrogens with zero attached hydrogens (tertiary/aromatic N) is 1. The number of amides is 1. The number of carbonyl (C=O) groups excluding carboxylic acids is 1. The summed E-state index contributed by atoms with van der Waals surface area (Å²) >= 11 is 0. The lowest BCUT2D eigenvalue weighted by molar-refractivity contribution is -0.117. The molecule has 4 heteroatoms. The molecule has 10 heavy (non-hydrogen) atoms. The number of amidine groups is 1. The number of carbonyl (C=O) groups is 1. The van der Waals surface area contributed by atoms with Crippen LogP contribution in [0.15, 0.2) is 5.16 Å². The summed E-state index contributed by atoms with van der Waals surface area (Å²) in [7, 11) is 0. The number of hydrogen-bond donors (Lipinski definition) is 1. The Balaban J connectivity index is 3.59. The van der Waals surface area contributed by atoms with E-state index in [1.54, 1.807) is 6.92 Å². The van der Waals surface area contributed by atoms with Gasteiger partial charge in [0.2, 0.25) is 5.91 Å². The monoisotopic (exact) mass is 144 g/mol. The molecule has 0 rings (SSSR count). The highest BCUT2D eigenvalue weighted by Crippen LogP contribution is 1.76. The van der Waals surface area contributed by atoms with Gasteiger partial charge in [0.25, 0.3) is 0 Å². The third kappa shape index (κ3) is 5.08. The Morgan fingerprint density at radius 2 is 2.20 bits per heavy atom. The van der Waals surface area contributed by atoms with Crippen molar-refractivity contribution in [3.05, 3.63) is 0 Å². The molecule has 0 aliphatic heterocycles. The SMILES string of the molecule is CCO/N=C(\C)NC(C)=O. The molecule has 0 saturated heterocycles. The molecule has 0 radical (unpaired) electrons. The molecule has 0 bridgehead atoms. The molecule has 1 N–H and O–H groups in total. The molecule has 0 spiro atoms. The van der Waals surface area contributed by atoms with E-state index in [0.717, 1.165) is 0 Å². The first kappa shape index (κ1) is 8.94. The van der Waals surface area contributed by atoms with Crippen LogP contribution >= 0.6 is 0 Å². The molecule has 0 aromatic heterocycles. The second kappa shape index (κ2) is 4.78. The summed E-state index contributed by atoms with van der Waals surface area (Å²) in [5.41, 5.74) is 0. The van der Waals surface area contributed by atoms with Crippen LogP contribution in [0.5, 0.6) is 0 Å². The van der Waals surface area contributed by atoms with Gasteiger partial charge in [0.05, 0.1) is 0 Å². The van der Waals surface area contributed by atoms with Crippen LogP contribution in [-0.2, 0) is 9.63 Å². The van der Waals surface area contributed by atoms with Crippen molar-refractivity contribution in [2.45, 2.75) is 20.8 Å². The van der Waals surface area contributed by atoms with Gasteiger partial charge in [-0.15, -0.1) is 0 Å². The van der Waals surface area contributed by atoms with E-state index in [9.17, 15) is 4.79 Å². The van der Waals surface area contributed by atoms with E-state index in [4.69, 9.17) is 0 Å². The minimum atomic E-state index is -0.138. The van der Waals surface area contributed by atoms with Crippen molar-refractivity contribution in [1.82, 2.24) is 5.32 Å². The van der Waals surface area contributed by atoms with Crippen molar-refractivity contribution in [1.29, 1.82) is 0 Å². The Bertz CT molecular complexity index is 143. The maximum absolute atomic E-state index is 10.4. The van der Waals surface area contributed by atoms with Crippen LogP contribution in [0.1, 0.15) is 20.8 Å². The second-order valence-electron chi connectivity index (χ2n) is 1.78. The first-order valence-electron chi connectivity index (χ1n) is 3.11. The molecular weight excluding hydrogens is 132 g/mol. The Morgan fingerprint density at radius 3 is 2.60 bits per heavy atom. The molecule has 0 aromatic rings. The first-order chi connectivity index (χ1) is 4.66. The van der Waals surface area contributed by atoms with E-state index in [2.05, 4.69) is 15.3 Å². The zero-order valence-electron chi connectivity index (χ0n) is 6.47. The van der Waals surface area contributed by atoms with Crippen LogP contribution in [0.4, 0.5) is 0 Å². The van der Waals surface area contributed by atoms with Crippen LogP contribution < -0.4 is 5.32 Å². The predicted octanol–water partition coefficient (Wildman–Crippen LogP) is 0.492. The van der Waals surface area contributed by atoms with Gasteiger partial charge in [-0.05, 0) is 13.8 Å². The Hall–Kier alpha value is -1.06. The molecular formula is C6H12N2O2. The lowest BCUT2D eigenvalue weighted by Crippen LogP contribution is -2.25. The van der Waals surface area contributed by atoms with E-state index >= 15 is 0 Å². The molecule has 0 aromatic carbocycles. The number of oxime groups is 1. The number of hydrogen-bond acceptors (Lipinski definition) is 3. The first-order valence-corrected chi connectivity index (χ1v) is 3.11. The maximum atomic E-state index is 10.4. The van der Waals surface area contributed by atoms with Gasteiger partial charge in [-0.25, -0.2) is 0 Å². The molecule has 0 heterocycles. The van der Waals surface area contributed by atoms with Crippen molar-refractivity contribution >= 4 is 11.7 Å². The molecule has 0 aliphatic carbocycles. The summed E-state index contributed by atoms with van der Waals surface area (Å²) in [6.45, 7) is 5.42. The Kier molecular flexibility index (Phi) is 4.28. The molecule has 0 unspecified atom stereocenters. The summed E-state index contributed by atoms with van der Waals surface area (Å²) in [4.78, 5) is 15.0. The summed E-state index contributed by atoms with van der Waals surface area (Å²) in [5.74, 6) is 0.343. The van der Waals surface area contributed by atoms with Gasteiger partial charge in [0.15, 0.2) is 0 Å². The molecule has 0 aliphatic rings. The fraction of sp³-hybridized carbons (Fsp3) is 0.667. The molecule has 4 nitrogen and oxygen atoms in total. The zero-order valence-corrected chi connectivity index (χ0v) is 6.47. The fourth-order valence-corrected chi connectivity index (χ4v) is 0.439. The van der Waals surface area contributed by atoms with Gasteiger partial charge in [-0.3, -0.25) is 4.79 Å². The summed E-state index contributed by atoms with van der Waals surface area (Å²) < 4.78 is 0. The van der Waals surface area contributed by atoms with E-state index in [1.165, 1.54) is 6.92 Å². The fourth-order valence-electron chi connectivity index (χ4n) is 0.439. The summed E-state index contributed by atoms with van der Waals surface area (Å²) in [6, 6.07) is 0. The summed E-state index contributed by atoms with van der Waals surface area (Å²) in [5, 5.41) is 6.03. The smallest absolute Gasteiger partial charge is 0.222 e. The lowest BCUT2D eigenvalue weighted by atomic mass is 10.6. The van der Waals surface area contributed by atoms with Gasteiger partial charge in [0, 0.05) is 6.92 Å². The van der Waals surface area contributed by atoms with Crippen LogP contribution in [0, 0.1) is 0 Å². The largest absolute Gasteiger partial charge is 0.395 e. The highest BCUT2D eigenvalue weighted by Gasteiger charge is 1.92. The standard InChI is InChI=1S/C6H12N2O2/c1-4-10-8-5(2)7-6(3)9/h4H2,1-3H3,(H,7,8,9). The molecule has 0 atom stereocenters. The molecule has 58 valence electrons. The summed E-state index contributed by atoms with van der Waals surface area (Å²) in [6.07, 6.45) is 0. The van der Waals surface area contributed by atoms with Crippen molar-refractivity contribution in [3.63, 3.8) is 0 Å². The predicted molar refractivity (Wildman–Crippen MR) is 38.6 cm³/mol.